The third-order valence-corrected chi connectivity index (χ3v) is 4.19. The molecule has 0 spiro atoms. The van der Waals surface area contributed by atoms with Gasteiger partial charge in [-0.05, 0) is 37.1 Å². The molecule has 0 fully saturated rings. The lowest BCUT2D eigenvalue weighted by Gasteiger charge is -2.18. The fourth-order valence-electron chi connectivity index (χ4n) is 2.92. The minimum Gasteiger partial charge on any atom is -0.375 e. The molecule has 5 heteroatoms. The predicted molar refractivity (Wildman–Crippen MR) is 93.2 cm³/mol. The Bertz CT molecular complexity index is 870. The number of aromatic nitrogens is 2. The molecule has 3 rings (SSSR count). The highest BCUT2D eigenvalue weighted by Gasteiger charge is 2.19. The maximum absolute atomic E-state index is 12.6. The van der Waals surface area contributed by atoms with E-state index in [4.69, 9.17) is 4.74 Å². The molecule has 0 saturated carbocycles. The number of nitrogens with zero attached hydrogens (tertiary/aromatic N) is 2. The number of hydrogen-bond donors (Lipinski definition) is 1. The number of nitrogens with one attached hydrogen (secondary N) is 1. The summed E-state index contributed by atoms with van der Waals surface area (Å²) in [5.41, 5.74) is 4.26. The van der Waals surface area contributed by atoms with E-state index < -0.39 is 0 Å². The fraction of sp³-hybridized carbons (Fsp3) is 0.263. The van der Waals surface area contributed by atoms with Crippen LogP contribution in [0.5, 0.6) is 0 Å². The van der Waals surface area contributed by atoms with Crippen molar-refractivity contribution in [3.63, 3.8) is 0 Å². The number of pyridine rings is 1. The first-order chi connectivity index (χ1) is 11.6. The van der Waals surface area contributed by atoms with Gasteiger partial charge < -0.3 is 10.1 Å². The van der Waals surface area contributed by atoms with Crippen molar-refractivity contribution in [2.45, 2.75) is 20.0 Å². The summed E-state index contributed by atoms with van der Waals surface area (Å²) in [6.45, 7) is 4.29. The van der Waals surface area contributed by atoms with Gasteiger partial charge in [-0.3, -0.25) is 9.20 Å². The van der Waals surface area contributed by atoms with Gasteiger partial charge in [0.2, 0.25) is 0 Å². The molecule has 1 unspecified atom stereocenters. The van der Waals surface area contributed by atoms with Gasteiger partial charge in [0, 0.05) is 19.9 Å². The molecule has 2 aromatic heterocycles. The van der Waals surface area contributed by atoms with Crippen LogP contribution in [0.1, 0.15) is 33.4 Å². The second-order valence-electron chi connectivity index (χ2n) is 5.77. The smallest absolute Gasteiger partial charge is 0.270 e. The number of methoxy groups -OCH3 is 1. The highest BCUT2D eigenvalue weighted by molar-refractivity contribution is 5.94. The van der Waals surface area contributed by atoms with E-state index in [1.807, 2.05) is 62.5 Å². The van der Waals surface area contributed by atoms with Crippen LogP contribution < -0.4 is 5.32 Å². The molecule has 0 aliphatic heterocycles. The Morgan fingerprint density at radius 2 is 1.96 bits per heavy atom. The van der Waals surface area contributed by atoms with Crippen LogP contribution in [-0.2, 0) is 4.74 Å². The van der Waals surface area contributed by atoms with Gasteiger partial charge in [0.05, 0.1) is 11.8 Å². The van der Waals surface area contributed by atoms with Gasteiger partial charge in [0.25, 0.3) is 5.91 Å². The Hall–Kier alpha value is -2.66. The summed E-state index contributed by atoms with van der Waals surface area (Å²) in [6.07, 6.45) is 1.66. The molecule has 5 nitrogen and oxygen atoms in total. The number of ether oxygens (including phenoxy) is 1. The molecule has 1 amide bonds. The van der Waals surface area contributed by atoms with E-state index in [0.717, 1.165) is 16.8 Å². The molecule has 2 heterocycles. The average molecular weight is 323 g/mol. The minimum absolute atomic E-state index is 0.151. The van der Waals surface area contributed by atoms with Crippen molar-refractivity contribution in [1.29, 1.82) is 0 Å². The lowest BCUT2D eigenvalue weighted by Crippen LogP contribution is -2.30. The number of rotatable bonds is 5. The molecule has 124 valence electrons. The highest BCUT2D eigenvalue weighted by Crippen LogP contribution is 2.20. The highest BCUT2D eigenvalue weighted by atomic mass is 16.5. The molecule has 0 aliphatic rings. The lowest BCUT2D eigenvalue weighted by atomic mass is 10.0. The van der Waals surface area contributed by atoms with Crippen molar-refractivity contribution in [3.05, 3.63) is 71.2 Å². The number of carbonyl (C=O) groups is 1. The van der Waals surface area contributed by atoms with Crippen LogP contribution in [0.25, 0.3) is 5.65 Å². The van der Waals surface area contributed by atoms with Crippen LogP contribution in [-0.4, -0.2) is 28.9 Å². The monoisotopic (exact) mass is 323 g/mol. The first kappa shape index (κ1) is 16.2. The van der Waals surface area contributed by atoms with Crippen molar-refractivity contribution in [3.8, 4) is 0 Å². The Morgan fingerprint density at radius 1 is 1.21 bits per heavy atom. The van der Waals surface area contributed by atoms with E-state index in [-0.39, 0.29) is 12.0 Å². The molecule has 3 aromatic rings. The molecular weight excluding hydrogens is 302 g/mol. The number of carbonyl (C=O) groups excluding carboxylic acids is 1. The number of fused-ring (bicyclic) bond motifs is 1. The maximum Gasteiger partial charge on any atom is 0.270 e. The maximum atomic E-state index is 12.6. The fourth-order valence-corrected chi connectivity index (χ4v) is 2.92. The van der Waals surface area contributed by atoms with Crippen LogP contribution in [0.3, 0.4) is 0 Å². The first-order valence-corrected chi connectivity index (χ1v) is 7.92. The quantitative estimate of drug-likeness (QED) is 0.785. The van der Waals surface area contributed by atoms with E-state index in [1.165, 1.54) is 0 Å². The second kappa shape index (κ2) is 6.84. The van der Waals surface area contributed by atoms with Gasteiger partial charge >= 0.3 is 0 Å². The summed E-state index contributed by atoms with van der Waals surface area (Å²) in [5, 5.41) is 2.97. The van der Waals surface area contributed by atoms with Gasteiger partial charge in [0.15, 0.2) is 0 Å². The van der Waals surface area contributed by atoms with Crippen molar-refractivity contribution >= 4 is 11.6 Å². The van der Waals surface area contributed by atoms with Crippen LogP contribution >= 0.6 is 0 Å². The van der Waals surface area contributed by atoms with E-state index in [9.17, 15) is 4.79 Å². The zero-order valence-corrected chi connectivity index (χ0v) is 14.1. The van der Waals surface area contributed by atoms with Gasteiger partial charge in [-0.25, -0.2) is 4.98 Å². The van der Waals surface area contributed by atoms with Crippen molar-refractivity contribution < 1.29 is 9.53 Å². The zero-order valence-electron chi connectivity index (χ0n) is 14.1. The molecule has 0 aliphatic carbocycles. The summed E-state index contributed by atoms with van der Waals surface area (Å²) in [4.78, 5) is 17.1. The largest absolute Gasteiger partial charge is 0.375 e. The van der Waals surface area contributed by atoms with Crippen molar-refractivity contribution in [2.24, 2.45) is 0 Å². The van der Waals surface area contributed by atoms with Crippen LogP contribution in [0.2, 0.25) is 0 Å². The lowest BCUT2D eigenvalue weighted by molar-refractivity contribution is 0.0821. The van der Waals surface area contributed by atoms with Crippen LogP contribution in [0.4, 0.5) is 0 Å². The van der Waals surface area contributed by atoms with Gasteiger partial charge in [-0.1, -0.05) is 30.3 Å². The zero-order chi connectivity index (χ0) is 17.1. The summed E-state index contributed by atoms with van der Waals surface area (Å²) < 4.78 is 7.37. The van der Waals surface area contributed by atoms with Crippen LogP contribution in [0, 0.1) is 13.8 Å². The van der Waals surface area contributed by atoms with E-state index in [1.54, 1.807) is 11.5 Å². The number of amides is 1. The first-order valence-electron chi connectivity index (χ1n) is 7.92. The molecule has 1 N–H and O–H groups in total. The van der Waals surface area contributed by atoms with Crippen LogP contribution in [0.15, 0.2) is 48.7 Å². The molecule has 0 bridgehead atoms. The van der Waals surface area contributed by atoms with Gasteiger partial charge in [0.1, 0.15) is 11.3 Å². The molecule has 0 saturated heterocycles. The third kappa shape index (κ3) is 3.03. The summed E-state index contributed by atoms with van der Waals surface area (Å²) in [7, 11) is 1.66. The predicted octanol–water partition coefficient (Wildman–Crippen LogP) is 3.07. The Kier molecular flexibility index (Phi) is 4.62. The molecule has 24 heavy (non-hydrogen) atoms. The molecule has 0 radical (unpaired) electrons. The third-order valence-electron chi connectivity index (χ3n) is 4.19. The van der Waals surface area contributed by atoms with Crippen molar-refractivity contribution in [2.75, 3.05) is 13.7 Å². The Balaban J connectivity index is 1.79. The SMILES string of the molecule is COC(CNC(=O)c1c(C)nc2ccccn12)c1ccccc1C. The summed E-state index contributed by atoms with van der Waals surface area (Å²) in [5.74, 6) is -0.151. The number of hydrogen-bond acceptors (Lipinski definition) is 3. The number of benzene rings is 1. The van der Waals surface area contributed by atoms with Gasteiger partial charge in [-0.2, -0.15) is 0 Å². The molecular formula is C19H21N3O2. The average Bonchev–Trinajstić information content (AvgIpc) is 2.92. The van der Waals surface area contributed by atoms with E-state index in [2.05, 4.69) is 10.3 Å². The molecule has 1 atom stereocenters. The summed E-state index contributed by atoms with van der Waals surface area (Å²) >= 11 is 0. The van der Waals surface area contributed by atoms with E-state index >= 15 is 0 Å². The van der Waals surface area contributed by atoms with Crippen molar-refractivity contribution in [1.82, 2.24) is 14.7 Å². The Morgan fingerprint density at radius 3 is 2.71 bits per heavy atom. The van der Waals surface area contributed by atoms with Gasteiger partial charge in [-0.15, -0.1) is 0 Å². The topological polar surface area (TPSA) is 55.6 Å². The normalized spacial score (nSPS) is 12.3. The standard InChI is InChI=1S/C19H21N3O2/c1-13-8-4-5-9-15(13)16(24-3)12-20-19(23)18-14(2)21-17-10-6-7-11-22(17)18/h4-11,16H,12H2,1-3H3,(H,20,23). The number of imidazole rings is 1. The molecule has 1 aromatic carbocycles. The summed E-state index contributed by atoms with van der Waals surface area (Å²) in [6, 6.07) is 13.7. The minimum atomic E-state index is -0.186. The van der Waals surface area contributed by atoms with E-state index in [0.29, 0.717) is 17.9 Å². The second-order valence-corrected chi connectivity index (χ2v) is 5.77. The number of aryl methyl sites for hydroxylation is 2. The Labute approximate surface area is 141 Å².